The highest BCUT2D eigenvalue weighted by atomic mass is 16.6. The van der Waals surface area contributed by atoms with Crippen molar-refractivity contribution in [1.82, 2.24) is 5.32 Å². The van der Waals surface area contributed by atoms with Gasteiger partial charge in [-0.05, 0) is 18.6 Å². The number of benzene rings is 1. The molecule has 0 aliphatic heterocycles. The summed E-state index contributed by atoms with van der Waals surface area (Å²) in [6, 6.07) is 5.36. The molecule has 0 aromatic heterocycles. The standard InChI is InChI=1S/C13H16N2O6/c1-9(13(17)18)6-7-14-12(16)8-21-11-4-2-10(3-5-11)15(19)20/h2-5,9H,6-8H2,1H3,(H,14,16)(H,17,18). The summed E-state index contributed by atoms with van der Waals surface area (Å²) in [5, 5.41) is 21.7. The summed E-state index contributed by atoms with van der Waals surface area (Å²) < 4.78 is 5.16. The molecule has 0 spiro atoms. The minimum absolute atomic E-state index is 0.0607. The molecule has 0 aliphatic carbocycles. The molecule has 8 heteroatoms. The minimum Gasteiger partial charge on any atom is -0.484 e. The second-order valence-corrected chi connectivity index (χ2v) is 4.42. The van der Waals surface area contributed by atoms with Gasteiger partial charge in [-0.15, -0.1) is 0 Å². The SMILES string of the molecule is CC(CCNC(=O)COc1ccc([N+](=O)[O-])cc1)C(=O)O. The maximum atomic E-state index is 11.5. The molecule has 8 nitrogen and oxygen atoms in total. The van der Waals surface area contributed by atoms with Crippen molar-refractivity contribution in [3.63, 3.8) is 0 Å². The maximum Gasteiger partial charge on any atom is 0.306 e. The first-order valence-electron chi connectivity index (χ1n) is 6.27. The average molecular weight is 296 g/mol. The van der Waals surface area contributed by atoms with E-state index in [2.05, 4.69) is 5.32 Å². The highest BCUT2D eigenvalue weighted by molar-refractivity contribution is 5.77. The molecule has 0 saturated heterocycles. The quantitative estimate of drug-likeness (QED) is 0.549. The molecule has 0 heterocycles. The number of carboxylic acid groups (broad SMARTS) is 1. The molecule has 1 atom stereocenters. The van der Waals surface area contributed by atoms with Crippen molar-refractivity contribution in [3.05, 3.63) is 34.4 Å². The van der Waals surface area contributed by atoms with Crippen LogP contribution in [0.4, 0.5) is 5.69 Å². The summed E-state index contributed by atoms with van der Waals surface area (Å²) in [6.07, 6.45) is 0.332. The van der Waals surface area contributed by atoms with E-state index in [-0.39, 0.29) is 24.7 Å². The number of aliphatic carboxylic acids is 1. The molecule has 1 unspecified atom stereocenters. The Morgan fingerprint density at radius 2 is 2.00 bits per heavy atom. The lowest BCUT2D eigenvalue weighted by Crippen LogP contribution is -2.31. The highest BCUT2D eigenvalue weighted by Crippen LogP contribution is 2.16. The molecule has 1 rings (SSSR count). The minimum atomic E-state index is -0.911. The molecule has 0 aliphatic rings. The van der Waals surface area contributed by atoms with Gasteiger partial charge < -0.3 is 15.2 Å². The van der Waals surface area contributed by atoms with E-state index in [9.17, 15) is 19.7 Å². The molecule has 21 heavy (non-hydrogen) atoms. The van der Waals surface area contributed by atoms with Gasteiger partial charge in [-0.25, -0.2) is 0 Å². The zero-order valence-electron chi connectivity index (χ0n) is 11.4. The van der Waals surface area contributed by atoms with Crippen LogP contribution in [0.25, 0.3) is 0 Å². The predicted molar refractivity (Wildman–Crippen MR) is 73.0 cm³/mol. The van der Waals surface area contributed by atoms with Crippen LogP contribution >= 0.6 is 0 Å². The first-order valence-corrected chi connectivity index (χ1v) is 6.27. The van der Waals surface area contributed by atoms with Gasteiger partial charge in [0.05, 0.1) is 10.8 Å². The Morgan fingerprint density at radius 1 is 1.38 bits per heavy atom. The number of ether oxygens (including phenoxy) is 1. The summed E-state index contributed by atoms with van der Waals surface area (Å²) in [4.78, 5) is 32.0. The molecular weight excluding hydrogens is 280 g/mol. The van der Waals surface area contributed by atoms with Crippen molar-refractivity contribution >= 4 is 17.6 Å². The zero-order chi connectivity index (χ0) is 15.8. The number of carbonyl (C=O) groups excluding carboxylic acids is 1. The van der Waals surface area contributed by atoms with E-state index in [1.165, 1.54) is 24.3 Å². The van der Waals surface area contributed by atoms with Gasteiger partial charge in [-0.1, -0.05) is 6.92 Å². The molecular formula is C13H16N2O6. The number of nitro groups is 1. The summed E-state index contributed by atoms with van der Waals surface area (Å²) in [5.41, 5.74) is -0.0607. The Hall–Kier alpha value is -2.64. The number of rotatable bonds is 8. The van der Waals surface area contributed by atoms with Crippen LogP contribution in [0.1, 0.15) is 13.3 Å². The van der Waals surface area contributed by atoms with Crippen LogP contribution in [0.3, 0.4) is 0 Å². The van der Waals surface area contributed by atoms with Crippen molar-refractivity contribution in [3.8, 4) is 5.75 Å². The average Bonchev–Trinajstić information content (AvgIpc) is 2.45. The van der Waals surface area contributed by atoms with Crippen LogP contribution < -0.4 is 10.1 Å². The van der Waals surface area contributed by atoms with Crippen LogP contribution in [0.5, 0.6) is 5.75 Å². The van der Waals surface area contributed by atoms with E-state index < -0.39 is 16.8 Å². The molecule has 0 radical (unpaired) electrons. The fourth-order valence-electron chi connectivity index (χ4n) is 1.42. The summed E-state index contributed by atoms with van der Waals surface area (Å²) >= 11 is 0. The van der Waals surface area contributed by atoms with E-state index in [1.54, 1.807) is 6.92 Å². The van der Waals surface area contributed by atoms with E-state index in [0.29, 0.717) is 12.2 Å². The number of amides is 1. The Balaban J connectivity index is 2.29. The number of carboxylic acids is 1. The Bertz CT molecular complexity index is 514. The van der Waals surface area contributed by atoms with E-state index in [1.807, 2.05) is 0 Å². The first-order chi connectivity index (χ1) is 9.90. The first kappa shape index (κ1) is 16.4. The number of nitrogens with one attached hydrogen (secondary N) is 1. The van der Waals surface area contributed by atoms with Gasteiger partial charge in [0.15, 0.2) is 6.61 Å². The predicted octanol–water partition coefficient (Wildman–Crippen LogP) is 1.20. The van der Waals surface area contributed by atoms with Crippen LogP contribution in [0.15, 0.2) is 24.3 Å². The Labute approximate surface area is 120 Å². The van der Waals surface area contributed by atoms with Crippen molar-refractivity contribution < 1.29 is 24.4 Å². The third kappa shape index (κ3) is 5.89. The molecule has 114 valence electrons. The highest BCUT2D eigenvalue weighted by Gasteiger charge is 2.11. The Kier molecular flexibility index (Phi) is 6.12. The Morgan fingerprint density at radius 3 is 2.52 bits per heavy atom. The molecule has 0 bridgehead atoms. The third-order valence-corrected chi connectivity index (χ3v) is 2.74. The number of hydrogen-bond acceptors (Lipinski definition) is 5. The lowest BCUT2D eigenvalue weighted by atomic mass is 10.1. The van der Waals surface area contributed by atoms with Gasteiger partial charge in [0, 0.05) is 18.7 Å². The fraction of sp³-hybridized carbons (Fsp3) is 0.385. The van der Waals surface area contributed by atoms with Crippen LogP contribution in [-0.4, -0.2) is 35.1 Å². The van der Waals surface area contributed by atoms with Gasteiger partial charge >= 0.3 is 5.97 Å². The molecule has 0 saturated carbocycles. The van der Waals surface area contributed by atoms with Crippen molar-refractivity contribution in [1.29, 1.82) is 0 Å². The van der Waals surface area contributed by atoms with Gasteiger partial charge in [0.25, 0.3) is 11.6 Å². The van der Waals surface area contributed by atoms with Crippen LogP contribution in [-0.2, 0) is 9.59 Å². The number of carbonyl (C=O) groups is 2. The zero-order valence-corrected chi connectivity index (χ0v) is 11.4. The topological polar surface area (TPSA) is 119 Å². The molecule has 2 N–H and O–H groups in total. The van der Waals surface area contributed by atoms with Crippen molar-refractivity contribution in [2.45, 2.75) is 13.3 Å². The van der Waals surface area contributed by atoms with Gasteiger partial charge in [0.2, 0.25) is 0 Å². The largest absolute Gasteiger partial charge is 0.484 e. The second-order valence-electron chi connectivity index (χ2n) is 4.42. The van der Waals surface area contributed by atoms with Crippen molar-refractivity contribution in [2.75, 3.05) is 13.2 Å². The smallest absolute Gasteiger partial charge is 0.306 e. The lowest BCUT2D eigenvalue weighted by molar-refractivity contribution is -0.384. The molecule has 0 fully saturated rings. The lowest BCUT2D eigenvalue weighted by Gasteiger charge is -2.09. The molecule has 1 aromatic rings. The molecule has 1 aromatic carbocycles. The van der Waals surface area contributed by atoms with Gasteiger partial charge in [0.1, 0.15) is 5.75 Å². The van der Waals surface area contributed by atoms with E-state index >= 15 is 0 Å². The van der Waals surface area contributed by atoms with E-state index in [0.717, 1.165) is 0 Å². The van der Waals surface area contributed by atoms with E-state index in [4.69, 9.17) is 9.84 Å². The third-order valence-electron chi connectivity index (χ3n) is 2.74. The van der Waals surface area contributed by atoms with Crippen LogP contribution in [0, 0.1) is 16.0 Å². The van der Waals surface area contributed by atoms with Gasteiger partial charge in [-0.3, -0.25) is 19.7 Å². The molecule has 1 amide bonds. The second kappa shape index (κ2) is 7.83. The van der Waals surface area contributed by atoms with Crippen LogP contribution in [0.2, 0.25) is 0 Å². The summed E-state index contributed by atoms with van der Waals surface area (Å²) in [7, 11) is 0. The number of nitro benzene ring substituents is 1. The summed E-state index contributed by atoms with van der Waals surface area (Å²) in [5.74, 6) is -1.48. The normalized spacial score (nSPS) is 11.5. The monoisotopic (exact) mass is 296 g/mol. The number of nitrogens with zero attached hydrogens (tertiary/aromatic N) is 1. The number of non-ortho nitro benzene ring substituents is 1. The van der Waals surface area contributed by atoms with Gasteiger partial charge in [-0.2, -0.15) is 0 Å². The fourth-order valence-corrected chi connectivity index (χ4v) is 1.42. The summed E-state index contributed by atoms with van der Waals surface area (Å²) in [6.45, 7) is 1.57. The number of hydrogen-bond donors (Lipinski definition) is 2. The van der Waals surface area contributed by atoms with Crippen molar-refractivity contribution in [2.24, 2.45) is 5.92 Å². The maximum absolute atomic E-state index is 11.5.